The zero-order valence-corrected chi connectivity index (χ0v) is 15.3. The van der Waals surface area contributed by atoms with Crippen LogP contribution in [0.3, 0.4) is 0 Å². The fourth-order valence-electron chi connectivity index (χ4n) is 3.24. The largest absolute Gasteiger partial charge is 0.496 e. The number of benzene rings is 2. The zero-order chi connectivity index (χ0) is 17.5. The molecule has 3 nitrogen and oxygen atoms in total. The van der Waals surface area contributed by atoms with Crippen molar-refractivity contribution < 1.29 is 14.3 Å². The van der Waals surface area contributed by atoms with Gasteiger partial charge in [0.1, 0.15) is 5.75 Å². The number of carbonyl (C=O) groups excluding carboxylic acids is 2. The van der Waals surface area contributed by atoms with Crippen LogP contribution < -0.4 is 4.74 Å². The minimum absolute atomic E-state index is 0.168. The monoisotopic (exact) mass is 336 g/mol. The summed E-state index contributed by atoms with van der Waals surface area (Å²) in [5.41, 5.74) is 2.18. The van der Waals surface area contributed by atoms with Crippen LogP contribution in [-0.2, 0) is 0 Å². The highest BCUT2D eigenvalue weighted by Gasteiger charge is 2.39. The van der Waals surface area contributed by atoms with Crippen molar-refractivity contribution in [3.63, 3.8) is 0 Å². The van der Waals surface area contributed by atoms with Crippen LogP contribution >= 0.6 is 0 Å². The summed E-state index contributed by atoms with van der Waals surface area (Å²) in [6, 6.07) is 14.7. The van der Waals surface area contributed by atoms with E-state index in [2.05, 4.69) is 19.6 Å². The van der Waals surface area contributed by atoms with Crippen molar-refractivity contribution in [2.24, 2.45) is 0 Å². The number of carbonyl (C=O) groups is 2. The number of hydrogen-bond donors (Lipinski definition) is 0. The number of methoxy groups -OCH3 is 1. The summed E-state index contributed by atoms with van der Waals surface area (Å²) in [6.07, 6.45) is 0. The molecule has 0 fully saturated rings. The van der Waals surface area contributed by atoms with Crippen LogP contribution in [0.4, 0.5) is 0 Å². The highest BCUT2D eigenvalue weighted by molar-refractivity contribution is 6.95. The highest BCUT2D eigenvalue weighted by atomic mass is 28.3. The van der Waals surface area contributed by atoms with Gasteiger partial charge in [0.25, 0.3) is 0 Å². The Bertz CT molecular complexity index is 835. The molecular weight excluding hydrogens is 316 g/mol. The topological polar surface area (TPSA) is 43.4 Å². The van der Waals surface area contributed by atoms with Crippen LogP contribution in [0.5, 0.6) is 5.75 Å². The lowest BCUT2D eigenvalue weighted by atomic mass is 10.1. The molecule has 0 atom stereocenters. The predicted octanol–water partition coefficient (Wildman–Crippen LogP) is 4.41. The SMILES string of the molecule is COc1ccccc1C(=C1C(=O)c2ccccc2C1=O)[Si](C)(C)C. The van der Waals surface area contributed by atoms with E-state index in [0.29, 0.717) is 22.4 Å². The smallest absolute Gasteiger partial charge is 0.197 e. The van der Waals surface area contributed by atoms with E-state index in [9.17, 15) is 9.59 Å². The van der Waals surface area contributed by atoms with Crippen LogP contribution in [0.15, 0.2) is 54.1 Å². The molecule has 0 heterocycles. The maximum atomic E-state index is 13.0. The molecule has 0 N–H and O–H groups in total. The molecule has 0 spiro atoms. The zero-order valence-electron chi connectivity index (χ0n) is 14.3. The average Bonchev–Trinajstić information content (AvgIpc) is 2.80. The van der Waals surface area contributed by atoms with Crippen molar-refractivity contribution >= 4 is 24.8 Å². The second kappa shape index (κ2) is 5.87. The molecular formula is C20H20O3Si. The number of Topliss-reactive ketones (excluding diaryl/α,β-unsaturated/α-hetero) is 2. The highest BCUT2D eigenvalue weighted by Crippen LogP contribution is 2.39. The fourth-order valence-corrected chi connectivity index (χ4v) is 5.24. The maximum absolute atomic E-state index is 13.0. The van der Waals surface area contributed by atoms with Gasteiger partial charge in [-0.05, 0) is 11.3 Å². The summed E-state index contributed by atoms with van der Waals surface area (Å²) < 4.78 is 5.49. The summed E-state index contributed by atoms with van der Waals surface area (Å²) in [5, 5.41) is 0.867. The first-order valence-corrected chi connectivity index (χ1v) is 11.4. The predicted molar refractivity (Wildman–Crippen MR) is 98.4 cm³/mol. The molecule has 1 aliphatic carbocycles. The molecule has 0 saturated carbocycles. The summed E-state index contributed by atoms with van der Waals surface area (Å²) in [7, 11) is -0.395. The molecule has 24 heavy (non-hydrogen) atoms. The number of fused-ring (bicyclic) bond motifs is 1. The minimum atomic E-state index is -2.00. The van der Waals surface area contributed by atoms with Gasteiger partial charge in [0.2, 0.25) is 0 Å². The van der Waals surface area contributed by atoms with Gasteiger partial charge in [0.15, 0.2) is 11.6 Å². The number of hydrogen-bond acceptors (Lipinski definition) is 3. The normalized spacial score (nSPS) is 13.9. The molecule has 0 radical (unpaired) electrons. The van der Waals surface area contributed by atoms with E-state index in [1.165, 1.54) is 0 Å². The van der Waals surface area contributed by atoms with Crippen molar-refractivity contribution in [2.75, 3.05) is 7.11 Å². The standard InChI is InChI=1S/C20H20O3Si/c1-23-16-12-8-7-11-15(16)20(24(2,3)4)17-18(21)13-9-5-6-10-14(13)19(17)22/h5-12H,1-4H3. The lowest BCUT2D eigenvalue weighted by Crippen LogP contribution is -2.27. The summed E-state index contributed by atoms with van der Waals surface area (Å²) >= 11 is 0. The van der Waals surface area contributed by atoms with Crippen LogP contribution in [-0.4, -0.2) is 26.8 Å². The third kappa shape index (κ3) is 2.53. The van der Waals surface area contributed by atoms with Crippen molar-refractivity contribution in [1.29, 1.82) is 0 Å². The molecule has 0 aromatic heterocycles. The van der Waals surface area contributed by atoms with Gasteiger partial charge in [0, 0.05) is 16.7 Å². The summed E-state index contributed by atoms with van der Waals surface area (Å²) in [4.78, 5) is 25.9. The quantitative estimate of drug-likeness (QED) is 0.474. The van der Waals surface area contributed by atoms with Gasteiger partial charge in [-0.15, -0.1) is 0 Å². The van der Waals surface area contributed by atoms with Crippen LogP contribution in [0, 0.1) is 0 Å². The van der Waals surface area contributed by atoms with Crippen LogP contribution in [0.1, 0.15) is 26.3 Å². The van der Waals surface area contributed by atoms with Crippen molar-refractivity contribution in [3.05, 3.63) is 70.8 Å². The summed E-state index contributed by atoms with van der Waals surface area (Å²) in [5.74, 6) is 0.358. The van der Waals surface area contributed by atoms with E-state index in [1.807, 2.05) is 24.3 Å². The van der Waals surface area contributed by atoms with E-state index in [0.717, 1.165) is 10.8 Å². The lowest BCUT2D eigenvalue weighted by molar-refractivity contribution is 0.0990. The molecule has 2 aromatic carbocycles. The first-order valence-electron chi connectivity index (χ1n) is 7.93. The van der Waals surface area contributed by atoms with Crippen molar-refractivity contribution in [3.8, 4) is 5.75 Å². The van der Waals surface area contributed by atoms with E-state index in [-0.39, 0.29) is 11.6 Å². The Kier molecular flexibility index (Phi) is 4.01. The van der Waals surface area contributed by atoms with Crippen molar-refractivity contribution in [2.45, 2.75) is 19.6 Å². The molecule has 3 rings (SSSR count). The van der Waals surface area contributed by atoms with E-state index >= 15 is 0 Å². The maximum Gasteiger partial charge on any atom is 0.197 e. The molecule has 0 amide bonds. The molecule has 122 valence electrons. The second-order valence-corrected chi connectivity index (χ2v) is 11.9. The Balaban J connectivity index is 2.35. The number of rotatable bonds is 3. The Labute approximate surface area is 143 Å². The van der Waals surface area contributed by atoms with Crippen LogP contribution in [0.25, 0.3) is 5.20 Å². The number of para-hydroxylation sites is 1. The minimum Gasteiger partial charge on any atom is -0.496 e. The Morgan fingerprint density at radius 2 is 1.33 bits per heavy atom. The van der Waals surface area contributed by atoms with Gasteiger partial charge in [-0.25, -0.2) is 0 Å². The molecule has 2 aromatic rings. The Morgan fingerprint density at radius 3 is 1.83 bits per heavy atom. The molecule has 0 unspecified atom stereocenters. The lowest BCUT2D eigenvalue weighted by Gasteiger charge is -2.24. The third-order valence-corrected chi connectivity index (χ3v) is 6.27. The average molecular weight is 336 g/mol. The Morgan fingerprint density at radius 1 is 0.833 bits per heavy atom. The number of ketones is 2. The fraction of sp³-hybridized carbons (Fsp3) is 0.200. The molecule has 0 aliphatic heterocycles. The van der Waals surface area contributed by atoms with Crippen molar-refractivity contribution in [1.82, 2.24) is 0 Å². The van der Waals surface area contributed by atoms with Crippen LogP contribution in [0.2, 0.25) is 19.6 Å². The van der Waals surface area contributed by atoms with Gasteiger partial charge >= 0.3 is 0 Å². The Hall–Kier alpha value is -2.46. The van der Waals surface area contributed by atoms with E-state index in [1.54, 1.807) is 31.4 Å². The second-order valence-electron chi connectivity index (χ2n) is 6.90. The van der Waals surface area contributed by atoms with Gasteiger partial charge in [-0.3, -0.25) is 9.59 Å². The van der Waals surface area contributed by atoms with Gasteiger partial charge < -0.3 is 4.74 Å². The number of ether oxygens (including phenoxy) is 1. The number of allylic oxidation sites excluding steroid dienone is 1. The first kappa shape index (κ1) is 16.4. The van der Waals surface area contributed by atoms with Gasteiger partial charge in [-0.2, -0.15) is 0 Å². The first-order chi connectivity index (χ1) is 11.4. The van der Waals surface area contributed by atoms with E-state index < -0.39 is 8.07 Å². The van der Waals surface area contributed by atoms with Gasteiger partial charge in [-0.1, -0.05) is 62.1 Å². The molecule has 0 bridgehead atoms. The van der Waals surface area contributed by atoms with Gasteiger partial charge in [0.05, 0.1) is 20.8 Å². The third-order valence-electron chi connectivity index (χ3n) is 4.25. The molecule has 1 aliphatic rings. The summed E-state index contributed by atoms with van der Waals surface area (Å²) in [6.45, 7) is 6.43. The van der Waals surface area contributed by atoms with E-state index in [4.69, 9.17) is 4.74 Å². The molecule has 0 saturated heterocycles. The molecule has 4 heteroatoms.